The molecule has 2 aliphatic heterocycles. The van der Waals surface area contributed by atoms with Crippen LogP contribution in [-0.2, 0) is 27.8 Å². The van der Waals surface area contributed by atoms with E-state index in [4.69, 9.17) is 0 Å². The Morgan fingerprint density at radius 2 is 1.80 bits per heavy atom. The smallest absolute Gasteiger partial charge is 0.312 e. The molecule has 0 saturated carbocycles. The molecule has 1 aromatic carbocycles. The van der Waals surface area contributed by atoms with E-state index >= 15 is 0 Å². The standard InChI is InChI=1S/C18H26N2O4S/c1-3-14-5-7-15(8-6-14)9-19-10-16-11-20(25(23,24)4-2)13-18(16,12-19)17(21)22/h5-8,16H,3-4,9-13H2,1-2H3,(H,21,22)/t16-,18-/m0/s1. The SMILES string of the molecule is CCc1ccc(CN2C[C@H]3CN(S(=O)(=O)CC)C[C@@]3(C(=O)O)C2)cc1. The Morgan fingerprint density at radius 1 is 1.16 bits per heavy atom. The largest absolute Gasteiger partial charge is 0.481 e. The van der Waals surface area contributed by atoms with Gasteiger partial charge < -0.3 is 5.11 Å². The predicted molar refractivity (Wildman–Crippen MR) is 95.7 cm³/mol. The van der Waals surface area contributed by atoms with E-state index in [0.717, 1.165) is 12.0 Å². The van der Waals surface area contributed by atoms with Gasteiger partial charge in [0.25, 0.3) is 0 Å². The van der Waals surface area contributed by atoms with Gasteiger partial charge in [0.05, 0.1) is 11.2 Å². The van der Waals surface area contributed by atoms with Gasteiger partial charge in [0.2, 0.25) is 10.0 Å². The fourth-order valence-corrected chi connectivity index (χ4v) is 5.28. The van der Waals surface area contributed by atoms with Crippen LogP contribution in [0.4, 0.5) is 0 Å². The number of aliphatic carboxylic acids is 1. The summed E-state index contributed by atoms with van der Waals surface area (Å²) < 4.78 is 25.7. The summed E-state index contributed by atoms with van der Waals surface area (Å²) in [5.41, 5.74) is 1.46. The zero-order valence-corrected chi connectivity index (χ0v) is 15.6. The lowest BCUT2D eigenvalue weighted by Gasteiger charge is -2.25. The third-order valence-electron chi connectivity index (χ3n) is 5.67. The van der Waals surface area contributed by atoms with Crippen molar-refractivity contribution in [3.05, 3.63) is 35.4 Å². The van der Waals surface area contributed by atoms with Crippen molar-refractivity contribution in [1.29, 1.82) is 0 Å². The molecule has 25 heavy (non-hydrogen) atoms. The second kappa shape index (κ2) is 6.70. The number of carbonyl (C=O) groups is 1. The summed E-state index contributed by atoms with van der Waals surface area (Å²) in [4.78, 5) is 14.1. The fourth-order valence-electron chi connectivity index (χ4n) is 4.08. The van der Waals surface area contributed by atoms with Gasteiger partial charge in [-0.25, -0.2) is 12.7 Å². The van der Waals surface area contributed by atoms with Crippen molar-refractivity contribution in [3.63, 3.8) is 0 Å². The Morgan fingerprint density at radius 3 is 2.32 bits per heavy atom. The van der Waals surface area contributed by atoms with E-state index in [1.54, 1.807) is 6.92 Å². The van der Waals surface area contributed by atoms with Crippen LogP contribution < -0.4 is 0 Å². The van der Waals surface area contributed by atoms with Crippen molar-refractivity contribution in [2.45, 2.75) is 26.8 Å². The van der Waals surface area contributed by atoms with Crippen LogP contribution >= 0.6 is 0 Å². The number of aryl methyl sites for hydroxylation is 1. The predicted octanol–water partition coefficient (Wildman–Crippen LogP) is 1.42. The molecule has 3 rings (SSSR count). The van der Waals surface area contributed by atoms with Crippen LogP contribution in [0.3, 0.4) is 0 Å². The number of hydrogen-bond donors (Lipinski definition) is 1. The molecule has 2 atom stereocenters. The van der Waals surface area contributed by atoms with Gasteiger partial charge in [-0.2, -0.15) is 0 Å². The molecule has 138 valence electrons. The lowest BCUT2D eigenvalue weighted by atomic mass is 9.81. The van der Waals surface area contributed by atoms with E-state index in [2.05, 4.69) is 36.1 Å². The number of carboxylic acid groups (broad SMARTS) is 1. The maximum absolute atomic E-state index is 12.1. The van der Waals surface area contributed by atoms with E-state index in [0.29, 0.717) is 26.2 Å². The molecule has 0 spiro atoms. The molecule has 0 bridgehead atoms. The first-order valence-electron chi connectivity index (χ1n) is 8.82. The highest BCUT2D eigenvalue weighted by atomic mass is 32.2. The van der Waals surface area contributed by atoms with Gasteiger partial charge >= 0.3 is 5.97 Å². The second-order valence-corrected chi connectivity index (χ2v) is 9.45. The lowest BCUT2D eigenvalue weighted by Crippen LogP contribution is -2.42. The highest BCUT2D eigenvalue weighted by Gasteiger charge is 2.59. The summed E-state index contributed by atoms with van der Waals surface area (Å²) in [5, 5.41) is 9.83. The van der Waals surface area contributed by atoms with Crippen molar-refractivity contribution in [2.24, 2.45) is 11.3 Å². The first kappa shape index (κ1) is 18.4. The first-order valence-corrected chi connectivity index (χ1v) is 10.4. The van der Waals surface area contributed by atoms with E-state index in [1.165, 1.54) is 9.87 Å². The summed E-state index contributed by atoms with van der Waals surface area (Å²) >= 11 is 0. The van der Waals surface area contributed by atoms with Crippen molar-refractivity contribution >= 4 is 16.0 Å². The van der Waals surface area contributed by atoms with Gasteiger partial charge in [0.15, 0.2) is 0 Å². The number of benzene rings is 1. The van der Waals surface area contributed by atoms with Gasteiger partial charge in [-0.3, -0.25) is 9.69 Å². The molecule has 7 heteroatoms. The van der Waals surface area contributed by atoms with Crippen LogP contribution in [0.5, 0.6) is 0 Å². The second-order valence-electron chi connectivity index (χ2n) is 7.19. The van der Waals surface area contributed by atoms with Crippen LogP contribution in [0.2, 0.25) is 0 Å². The molecule has 0 radical (unpaired) electrons. The van der Waals surface area contributed by atoms with E-state index in [1.807, 2.05) is 0 Å². The molecule has 2 saturated heterocycles. The van der Waals surface area contributed by atoms with E-state index < -0.39 is 21.4 Å². The van der Waals surface area contributed by atoms with Gasteiger partial charge in [-0.1, -0.05) is 31.2 Å². The van der Waals surface area contributed by atoms with Crippen molar-refractivity contribution in [2.75, 3.05) is 31.9 Å². The molecule has 2 aliphatic rings. The summed E-state index contributed by atoms with van der Waals surface area (Å²) in [7, 11) is -3.34. The van der Waals surface area contributed by atoms with Gasteiger partial charge in [-0.15, -0.1) is 0 Å². The third-order valence-corrected chi connectivity index (χ3v) is 7.46. The van der Waals surface area contributed by atoms with Gasteiger partial charge in [0.1, 0.15) is 0 Å². The zero-order chi connectivity index (χ0) is 18.2. The van der Waals surface area contributed by atoms with Crippen molar-refractivity contribution < 1.29 is 18.3 Å². The van der Waals surface area contributed by atoms with Gasteiger partial charge in [-0.05, 0) is 24.5 Å². The first-order chi connectivity index (χ1) is 11.8. The average Bonchev–Trinajstić information content (AvgIpc) is 3.11. The number of carboxylic acids is 1. The Kier molecular flexibility index (Phi) is 4.92. The number of fused-ring (bicyclic) bond motifs is 1. The van der Waals surface area contributed by atoms with Crippen molar-refractivity contribution in [1.82, 2.24) is 9.21 Å². The number of hydrogen-bond acceptors (Lipinski definition) is 4. The van der Waals surface area contributed by atoms with Crippen LogP contribution in [-0.4, -0.2) is 60.6 Å². The summed E-state index contributed by atoms with van der Waals surface area (Å²) in [6.07, 6.45) is 0.996. The summed E-state index contributed by atoms with van der Waals surface area (Å²) in [5.74, 6) is -1.01. The molecule has 0 aliphatic carbocycles. The Labute approximate surface area is 149 Å². The molecule has 1 aromatic rings. The molecule has 2 heterocycles. The third kappa shape index (κ3) is 3.32. The number of rotatable bonds is 6. The van der Waals surface area contributed by atoms with E-state index in [-0.39, 0.29) is 18.2 Å². The maximum Gasteiger partial charge on any atom is 0.312 e. The molecule has 0 amide bonds. The molecular formula is C18H26N2O4S. The Bertz CT molecular complexity index is 747. The van der Waals surface area contributed by atoms with Crippen LogP contribution in [0.15, 0.2) is 24.3 Å². The van der Waals surface area contributed by atoms with Crippen LogP contribution in [0.25, 0.3) is 0 Å². The Balaban J connectivity index is 1.74. The summed E-state index contributed by atoms with van der Waals surface area (Å²) in [6.45, 7) is 5.85. The minimum Gasteiger partial charge on any atom is -0.481 e. The van der Waals surface area contributed by atoms with Crippen molar-refractivity contribution in [3.8, 4) is 0 Å². The fraction of sp³-hybridized carbons (Fsp3) is 0.611. The normalized spacial score (nSPS) is 27.5. The number of nitrogens with zero attached hydrogens (tertiary/aromatic N) is 2. The Hall–Kier alpha value is -1.44. The van der Waals surface area contributed by atoms with Gasteiger partial charge in [0, 0.05) is 38.6 Å². The molecule has 0 aromatic heterocycles. The maximum atomic E-state index is 12.1. The van der Waals surface area contributed by atoms with Crippen LogP contribution in [0.1, 0.15) is 25.0 Å². The zero-order valence-electron chi connectivity index (χ0n) is 14.8. The van der Waals surface area contributed by atoms with E-state index in [9.17, 15) is 18.3 Å². The molecule has 1 N–H and O–H groups in total. The average molecular weight is 366 g/mol. The highest BCUT2D eigenvalue weighted by Crippen LogP contribution is 2.44. The number of sulfonamides is 1. The summed E-state index contributed by atoms with van der Waals surface area (Å²) in [6, 6.07) is 8.39. The molecular weight excluding hydrogens is 340 g/mol. The number of likely N-dealkylation sites (tertiary alicyclic amines) is 1. The molecule has 6 nitrogen and oxygen atoms in total. The van der Waals surface area contributed by atoms with Crippen LogP contribution in [0, 0.1) is 11.3 Å². The lowest BCUT2D eigenvalue weighted by molar-refractivity contribution is -0.148. The minimum atomic E-state index is -3.34. The minimum absolute atomic E-state index is 0.0168. The highest BCUT2D eigenvalue weighted by molar-refractivity contribution is 7.89. The monoisotopic (exact) mass is 366 g/mol. The molecule has 0 unspecified atom stereocenters. The molecule has 2 fully saturated rings. The topological polar surface area (TPSA) is 77.9 Å². The quantitative estimate of drug-likeness (QED) is 0.824.